The maximum atomic E-state index is 13.1. The molecule has 0 atom stereocenters. The topological polar surface area (TPSA) is 108 Å². The van der Waals surface area contributed by atoms with Gasteiger partial charge < -0.3 is 20.1 Å². The van der Waals surface area contributed by atoms with E-state index in [2.05, 4.69) is 20.9 Å². The highest BCUT2D eigenvalue weighted by Crippen LogP contribution is 2.21. The van der Waals surface area contributed by atoms with Crippen LogP contribution in [0.1, 0.15) is 15.9 Å². The molecule has 35 heavy (non-hydrogen) atoms. The van der Waals surface area contributed by atoms with E-state index in [9.17, 15) is 14.4 Å². The zero-order valence-electron chi connectivity index (χ0n) is 19.7. The summed E-state index contributed by atoms with van der Waals surface area (Å²) in [4.78, 5) is 42.4. The third kappa shape index (κ3) is 5.47. The number of hydrogen-bond donors (Lipinski definition) is 3. The average Bonchev–Trinajstić information content (AvgIpc) is 2.85. The minimum absolute atomic E-state index is 0.0873. The van der Waals surface area contributed by atoms with E-state index < -0.39 is 0 Å². The summed E-state index contributed by atoms with van der Waals surface area (Å²) in [6, 6.07) is 19.3. The molecule has 9 nitrogen and oxygen atoms in total. The van der Waals surface area contributed by atoms with E-state index in [-0.39, 0.29) is 17.5 Å². The number of pyridine rings is 2. The highest BCUT2D eigenvalue weighted by atomic mass is 16.2. The maximum absolute atomic E-state index is 13.1. The Morgan fingerprint density at radius 2 is 1.77 bits per heavy atom. The minimum atomic E-state index is -0.263. The Hall–Kier alpha value is -4.66. The molecule has 9 heteroatoms. The van der Waals surface area contributed by atoms with Gasteiger partial charge in [0.15, 0.2) is 0 Å². The molecule has 0 aliphatic heterocycles. The number of urea groups is 1. The van der Waals surface area contributed by atoms with Gasteiger partial charge in [0.05, 0.1) is 11.1 Å². The number of fused-ring (bicyclic) bond motifs is 1. The number of para-hydroxylation sites is 1. The summed E-state index contributed by atoms with van der Waals surface area (Å²) >= 11 is 0. The van der Waals surface area contributed by atoms with E-state index in [0.29, 0.717) is 29.3 Å². The lowest BCUT2D eigenvalue weighted by molar-refractivity contribution is 0.102. The number of amides is 3. The summed E-state index contributed by atoms with van der Waals surface area (Å²) in [5, 5.41) is 9.80. The molecule has 0 aliphatic carbocycles. The highest BCUT2D eigenvalue weighted by molar-refractivity contribution is 6.08. The Balaban J connectivity index is 1.48. The first-order chi connectivity index (χ1) is 16.8. The van der Waals surface area contributed by atoms with Crippen LogP contribution in [-0.2, 0) is 13.6 Å². The first-order valence-electron chi connectivity index (χ1n) is 11.0. The summed E-state index contributed by atoms with van der Waals surface area (Å²) in [5.41, 5.74) is 3.38. The van der Waals surface area contributed by atoms with Crippen molar-refractivity contribution in [2.24, 2.45) is 7.05 Å². The zero-order chi connectivity index (χ0) is 24.9. The molecule has 0 radical (unpaired) electrons. The van der Waals surface area contributed by atoms with Gasteiger partial charge in [-0.1, -0.05) is 12.1 Å². The fraction of sp³-hybridized carbons (Fsp3) is 0.154. The van der Waals surface area contributed by atoms with E-state index in [1.165, 1.54) is 11.0 Å². The van der Waals surface area contributed by atoms with E-state index in [1.54, 1.807) is 62.2 Å². The lowest BCUT2D eigenvalue weighted by Gasteiger charge is -2.14. The molecule has 2 heterocycles. The first kappa shape index (κ1) is 23.5. The van der Waals surface area contributed by atoms with Crippen molar-refractivity contribution in [3.05, 3.63) is 94.4 Å². The molecule has 0 spiro atoms. The van der Waals surface area contributed by atoms with Gasteiger partial charge in [-0.25, -0.2) is 9.78 Å². The molecule has 0 bridgehead atoms. The smallest absolute Gasteiger partial charge is 0.322 e. The van der Waals surface area contributed by atoms with Gasteiger partial charge in [-0.05, 0) is 54.1 Å². The first-order valence-corrected chi connectivity index (χ1v) is 11.0. The molecule has 2 aromatic heterocycles. The Labute approximate surface area is 202 Å². The number of carbonyl (C=O) groups excluding carboxylic acids is 2. The Morgan fingerprint density at radius 1 is 0.971 bits per heavy atom. The Morgan fingerprint density at radius 3 is 2.57 bits per heavy atom. The number of carbonyl (C=O) groups is 2. The predicted octanol–water partition coefficient (Wildman–Crippen LogP) is 3.89. The van der Waals surface area contributed by atoms with Gasteiger partial charge in [-0.3, -0.25) is 14.9 Å². The van der Waals surface area contributed by atoms with Gasteiger partial charge >= 0.3 is 6.03 Å². The number of aryl methyl sites for hydroxylation is 1. The Kier molecular flexibility index (Phi) is 6.77. The van der Waals surface area contributed by atoms with Crippen molar-refractivity contribution in [3.8, 4) is 0 Å². The van der Waals surface area contributed by atoms with Crippen molar-refractivity contribution in [3.63, 3.8) is 0 Å². The molecule has 0 unspecified atom stereocenters. The van der Waals surface area contributed by atoms with Crippen molar-refractivity contribution in [1.82, 2.24) is 14.5 Å². The van der Waals surface area contributed by atoms with Gasteiger partial charge in [0, 0.05) is 56.7 Å². The third-order valence-electron chi connectivity index (χ3n) is 5.50. The summed E-state index contributed by atoms with van der Waals surface area (Å²) in [6.07, 6.45) is 1.62. The SMILES string of the molecule is CN(C)C(=O)Nc1cc(CNc2ccccc2C(=O)Nc2ccc3c(ccc(=O)n3C)c2)ccn1. The van der Waals surface area contributed by atoms with Crippen LogP contribution in [0.2, 0.25) is 0 Å². The van der Waals surface area contributed by atoms with Crippen LogP contribution >= 0.6 is 0 Å². The lowest BCUT2D eigenvalue weighted by atomic mass is 10.1. The van der Waals surface area contributed by atoms with E-state index in [1.807, 2.05) is 30.3 Å². The highest BCUT2D eigenvalue weighted by Gasteiger charge is 2.12. The summed E-state index contributed by atoms with van der Waals surface area (Å²) in [6.45, 7) is 0.432. The van der Waals surface area contributed by atoms with Gasteiger partial charge in [0.1, 0.15) is 5.82 Å². The summed E-state index contributed by atoms with van der Waals surface area (Å²) in [7, 11) is 5.03. The average molecular weight is 471 g/mol. The van der Waals surface area contributed by atoms with Crippen molar-refractivity contribution < 1.29 is 9.59 Å². The number of nitrogens with one attached hydrogen (secondary N) is 3. The number of hydrogen-bond acceptors (Lipinski definition) is 5. The molecule has 0 aliphatic rings. The Bertz CT molecular complexity index is 1460. The molecule has 0 saturated heterocycles. The van der Waals surface area contributed by atoms with Crippen molar-refractivity contribution in [2.75, 3.05) is 30.0 Å². The largest absolute Gasteiger partial charge is 0.380 e. The molecular formula is C26H26N6O3. The minimum Gasteiger partial charge on any atom is -0.380 e. The summed E-state index contributed by atoms with van der Waals surface area (Å²) < 4.78 is 1.57. The maximum Gasteiger partial charge on any atom is 0.322 e. The number of rotatable bonds is 6. The van der Waals surface area contributed by atoms with E-state index in [4.69, 9.17) is 0 Å². The monoisotopic (exact) mass is 470 g/mol. The fourth-order valence-electron chi connectivity index (χ4n) is 3.57. The van der Waals surface area contributed by atoms with Crippen molar-refractivity contribution >= 4 is 40.0 Å². The molecule has 0 fully saturated rings. The molecule has 178 valence electrons. The van der Waals surface area contributed by atoms with Crippen LogP contribution < -0.4 is 21.5 Å². The van der Waals surface area contributed by atoms with Crippen LogP contribution in [0.4, 0.5) is 22.0 Å². The number of nitrogens with zero attached hydrogens (tertiary/aromatic N) is 3. The molecular weight excluding hydrogens is 444 g/mol. The number of aromatic nitrogens is 2. The number of anilines is 3. The van der Waals surface area contributed by atoms with Gasteiger partial charge in [-0.2, -0.15) is 0 Å². The van der Waals surface area contributed by atoms with Crippen LogP contribution in [-0.4, -0.2) is 40.5 Å². The standard InChI is InChI=1S/C26H26N6O3/c1-31(2)26(35)30-23-14-17(12-13-27-23)16-28-21-7-5-4-6-20(21)25(34)29-19-9-10-22-18(15-19)8-11-24(33)32(22)3/h4-15,28H,16H2,1-3H3,(H,29,34)(H,27,30,35). The molecule has 4 aromatic rings. The van der Waals surface area contributed by atoms with Crippen LogP contribution in [0.3, 0.4) is 0 Å². The number of benzene rings is 2. The molecule has 3 amide bonds. The second-order valence-corrected chi connectivity index (χ2v) is 8.23. The van der Waals surface area contributed by atoms with Crippen LogP contribution in [0.5, 0.6) is 0 Å². The molecule has 2 aromatic carbocycles. The normalized spacial score (nSPS) is 10.6. The fourth-order valence-corrected chi connectivity index (χ4v) is 3.57. The third-order valence-corrected chi connectivity index (χ3v) is 5.50. The van der Waals surface area contributed by atoms with E-state index >= 15 is 0 Å². The van der Waals surface area contributed by atoms with Gasteiger partial charge in [0.2, 0.25) is 0 Å². The summed E-state index contributed by atoms with van der Waals surface area (Å²) in [5.74, 6) is 0.189. The quantitative estimate of drug-likeness (QED) is 0.396. The van der Waals surface area contributed by atoms with Crippen LogP contribution in [0.25, 0.3) is 10.9 Å². The molecule has 3 N–H and O–H groups in total. The second kappa shape index (κ2) is 10.1. The lowest BCUT2D eigenvalue weighted by Crippen LogP contribution is -2.27. The predicted molar refractivity (Wildman–Crippen MR) is 138 cm³/mol. The van der Waals surface area contributed by atoms with Crippen molar-refractivity contribution in [2.45, 2.75) is 6.54 Å². The van der Waals surface area contributed by atoms with Crippen LogP contribution in [0.15, 0.2) is 77.7 Å². The second-order valence-electron chi connectivity index (χ2n) is 8.23. The molecule has 4 rings (SSSR count). The van der Waals surface area contributed by atoms with E-state index in [0.717, 1.165) is 16.5 Å². The van der Waals surface area contributed by atoms with Gasteiger partial charge in [-0.15, -0.1) is 0 Å². The zero-order valence-corrected chi connectivity index (χ0v) is 19.7. The van der Waals surface area contributed by atoms with Crippen LogP contribution in [0, 0.1) is 0 Å². The van der Waals surface area contributed by atoms with Gasteiger partial charge in [0.25, 0.3) is 11.5 Å². The molecule has 0 saturated carbocycles. The van der Waals surface area contributed by atoms with Crippen molar-refractivity contribution in [1.29, 1.82) is 0 Å².